The van der Waals surface area contributed by atoms with Crippen molar-refractivity contribution in [2.75, 3.05) is 18.0 Å². The highest BCUT2D eigenvalue weighted by Crippen LogP contribution is 2.27. The van der Waals surface area contributed by atoms with Crippen molar-refractivity contribution in [3.63, 3.8) is 0 Å². The highest BCUT2D eigenvalue weighted by atomic mass is 16.4. The third-order valence-electron chi connectivity index (χ3n) is 3.04. The first-order valence-corrected chi connectivity index (χ1v) is 6.29. The molecule has 0 atom stereocenters. The number of anilines is 1. The van der Waals surface area contributed by atoms with Crippen LogP contribution in [0.4, 0.5) is 5.69 Å². The molecular formula is C13H18N4O2. The molecule has 0 saturated heterocycles. The molecule has 0 aromatic carbocycles. The number of nitrogens with zero attached hydrogens (tertiary/aromatic N) is 4. The van der Waals surface area contributed by atoms with Gasteiger partial charge in [0, 0.05) is 19.8 Å². The van der Waals surface area contributed by atoms with Crippen LogP contribution in [-0.4, -0.2) is 38.9 Å². The van der Waals surface area contributed by atoms with Crippen molar-refractivity contribution in [3.8, 4) is 0 Å². The van der Waals surface area contributed by atoms with Crippen LogP contribution in [-0.2, 0) is 11.8 Å². The number of hydrogen-bond donors (Lipinski definition) is 1. The van der Waals surface area contributed by atoms with Crippen molar-refractivity contribution in [1.82, 2.24) is 14.8 Å². The Balaban J connectivity index is 2.55. The van der Waals surface area contributed by atoms with E-state index < -0.39 is 5.97 Å². The van der Waals surface area contributed by atoms with Crippen molar-refractivity contribution in [1.29, 1.82) is 0 Å². The quantitative estimate of drug-likeness (QED) is 0.885. The number of carboxylic acid groups (broad SMARTS) is 1. The van der Waals surface area contributed by atoms with Crippen LogP contribution < -0.4 is 4.90 Å². The monoisotopic (exact) mass is 262 g/mol. The summed E-state index contributed by atoms with van der Waals surface area (Å²) >= 11 is 0. The summed E-state index contributed by atoms with van der Waals surface area (Å²) in [5, 5.41) is 14.3. The third-order valence-corrected chi connectivity index (χ3v) is 3.04. The maximum absolute atomic E-state index is 11.0. The first kappa shape index (κ1) is 13.3. The van der Waals surface area contributed by atoms with Gasteiger partial charge >= 0.3 is 5.97 Å². The van der Waals surface area contributed by atoms with Gasteiger partial charge in [0.15, 0.2) is 5.65 Å². The fourth-order valence-corrected chi connectivity index (χ4v) is 2.34. The Labute approximate surface area is 111 Å². The van der Waals surface area contributed by atoms with Gasteiger partial charge in [-0.05, 0) is 19.4 Å². The topological polar surface area (TPSA) is 71.2 Å². The van der Waals surface area contributed by atoms with Crippen LogP contribution >= 0.6 is 0 Å². The molecule has 19 heavy (non-hydrogen) atoms. The van der Waals surface area contributed by atoms with Gasteiger partial charge in [0.1, 0.15) is 6.54 Å². The number of pyridine rings is 1. The highest BCUT2D eigenvalue weighted by molar-refractivity contribution is 5.93. The van der Waals surface area contributed by atoms with Crippen LogP contribution in [0.3, 0.4) is 0 Å². The predicted octanol–water partition coefficient (Wildman–Crippen LogP) is 1.58. The minimum atomic E-state index is -0.833. The number of carboxylic acids is 1. The number of hydrogen-bond acceptors (Lipinski definition) is 4. The van der Waals surface area contributed by atoms with E-state index in [4.69, 9.17) is 5.11 Å². The van der Waals surface area contributed by atoms with Gasteiger partial charge in [0.25, 0.3) is 0 Å². The first-order valence-electron chi connectivity index (χ1n) is 6.29. The number of carbonyl (C=O) groups is 1. The van der Waals surface area contributed by atoms with Gasteiger partial charge < -0.3 is 10.0 Å². The fraction of sp³-hybridized carbons (Fsp3) is 0.462. The molecule has 0 aliphatic rings. The Morgan fingerprint density at radius 3 is 2.89 bits per heavy atom. The average Bonchev–Trinajstić information content (AvgIpc) is 2.64. The summed E-state index contributed by atoms with van der Waals surface area (Å²) < 4.78 is 1.72. The van der Waals surface area contributed by atoms with E-state index in [0.717, 1.165) is 28.8 Å². The van der Waals surface area contributed by atoms with Crippen LogP contribution in [0.25, 0.3) is 11.0 Å². The molecule has 102 valence electrons. The molecule has 2 aromatic rings. The number of aliphatic carboxylic acids is 1. The highest BCUT2D eigenvalue weighted by Gasteiger charge is 2.17. The Bertz CT molecular complexity index is 606. The maximum atomic E-state index is 11.0. The Hall–Kier alpha value is -2.11. The Kier molecular flexibility index (Phi) is 3.69. The zero-order valence-electron chi connectivity index (χ0n) is 11.4. The molecule has 0 saturated carbocycles. The lowest BCUT2D eigenvalue weighted by Gasteiger charge is -2.22. The van der Waals surface area contributed by atoms with E-state index in [1.807, 2.05) is 31.9 Å². The molecule has 2 aromatic heterocycles. The van der Waals surface area contributed by atoms with Crippen LogP contribution in [0.15, 0.2) is 12.3 Å². The van der Waals surface area contributed by atoms with E-state index in [1.54, 1.807) is 10.9 Å². The van der Waals surface area contributed by atoms with Crippen molar-refractivity contribution in [2.24, 2.45) is 7.05 Å². The molecule has 0 aliphatic heterocycles. The van der Waals surface area contributed by atoms with E-state index in [-0.39, 0.29) is 6.54 Å². The largest absolute Gasteiger partial charge is 0.480 e. The van der Waals surface area contributed by atoms with Gasteiger partial charge in [-0.1, -0.05) is 6.92 Å². The molecule has 0 unspecified atom stereocenters. The first-order chi connectivity index (χ1) is 9.04. The number of fused-ring (bicyclic) bond motifs is 1. The molecule has 0 radical (unpaired) electrons. The van der Waals surface area contributed by atoms with E-state index >= 15 is 0 Å². The molecule has 6 heteroatoms. The number of rotatable bonds is 5. The van der Waals surface area contributed by atoms with E-state index in [2.05, 4.69) is 10.1 Å². The summed E-state index contributed by atoms with van der Waals surface area (Å²) in [6.07, 6.45) is 2.58. The standard InChI is InChI=1S/C13H18N4O2/c1-4-7-17(8-11(18)19)10-5-6-14-13-12(10)9(2)15-16(13)3/h5-6H,4,7-8H2,1-3H3,(H,18,19). The van der Waals surface area contributed by atoms with Crippen LogP contribution in [0, 0.1) is 6.92 Å². The zero-order valence-corrected chi connectivity index (χ0v) is 11.4. The van der Waals surface area contributed by atoms with Crippen molar-refractivity contribution in [2.45, 2.75) is 20.3 Å². The summed E-state index contributed by atoms with van der Waals surface area (Å²) in [5.41, 5.74) is 2.54. The third kappa shape index (κ3) is 2.52. The van der Waals surface area contributed by atoms with Crippen LogP contribution in [0.5, 0.6) is 0 Å². The van der Waals surface area contributed by atoms with Gasteiger partial charge in [0.05, 0.1) is 16.8 Å². The van der Waals surface area contributed by atoms with Gasteiger partial charge in [-0.25, -0.2) is 4.98 Å². The summed E-state index contributed by atoms with van der Waals surface area (Å²) in [5.74, 6) is -0.833. The van der Waals surface area contributed by atoms with E-state index in [1.165, 1.54) is 0 Å². The summed E-state index contributed by atoms with van der Waals surface area (Å²) in [6.45, 7) is 4.63. The normalized spacial score (nSPS) is 10.9. The SMILES string of the molecule is CCCN(CC(=O)O)c1ccnc2c1c(C)nn2C. The predicted molar refractivity (Wildman–Crippen MR) is 73.4 cm³/mol. The lowest BCUT2D eigenvalue weighted by molar-refractivity contribution is -0.135. The van der Waals surface area contributed by atoms with Gasteiger partial charge in [0.2, 0.25) is 0 Å². The van der Waals surface area contributed by atoms with E-state index in [9.17, 15) is 4.79 Å². The molecule has 0 bridgehead atoms. The van der Waals surface area contributed by atoms with Crippen molar-refractivity contribution in [3.05, 3.63) is 18.0 Å². The minimum absolute atomic E-state index is 0.0126. The smallest absolute Gasteiger partial charge is 0.323 e. The van der Waals surface area contributed by atoms with Crippen molar-refractivity contribution >= 4 is 22.7 Å². The number of aromatic nitrogens is 3. The molecule has 2 heterocycles. The molecular weight excluding hydrogens is 244 g/mol. The molecule has 2 rings (SSSR count). The molecule has 0 fully saturated rings. The average molecular weight is 262 g/mol. The second-order valence-corrected chi connectivity index (χ2v) is 4.55. The summed E-state index contributed by atoms with van der Waals surface area (Å²) in [4.78, 5) is 17.2. The zero-order chi connectivity index (χ0) is 14.0. The Morgan fingerprint density at radius 2 is 2.26 bits per heavy atom. The molecule has 0 amide bonds. The summed E-state index contributed by atoms with van der Waals surface area (Å²) in [7, 11) is 1.84. The van der Waals surface area contributed by atoms with E-state index in [0.29, 0.717) is 6.54 Å². The lowest BCUT2D eigenvalue weighted by Crippen LogP contribution is -2.30. The lowest BCUT2D eigenvalue weighted by atomic mass is 10.2. The molecule has 6 nitrogen and oxygen atoms in total. The fourth-order valence-electron chi connectivity index (χ4n) is 2.34. The van der Waals surface area contributed by atoms with Crippen LogP contribution in [0.1, 0.15) is 19.0 Å². The van der Waals surface area contributed by atoms with Gasteiger partial charge in [-0.2, -0.15) is 5.10 Å². The molecule has 0 aliphatic carbocycles. The summed E-state index contributed by atoms with van der Waals surface area (Å²) in [6, 6.07) is 1.86. The second-order valence-electron chi connectivity index (χ2n) is 4.55. The molecule has 1 N–H and O–H groups in total. The maximum Gasteiger partial charge on any atom is 0.323 e. The Morgan fingerprint density at radius 1 is 1.53 bits per heavy atom. The van der Waals surface area contributed by atoms with Gasteiger partial charge in [-0.15, -0.1) is 0 Å². The van der Waals surface area contributed by atoms with Crippen LogP contribution in [0.2, 0.25) is 0 Å². The van der Waals surface area contributed by atoms with Crippen molar-refractivity contribution < 1.29 is 9.90 Å². The molecule has 0 spiro atoms. The van der Waals surface area contributed by atoms with Gasteiger partial charge in [-0.3, -0.25) is 9.48 Å². The number of aryl methyl sites for hydroxylation is 2. The second kappa shape index (κ2) is 5.26. The minimum Gasteiger partial charge on any atom is -0.480 e.